The fourth-order valence-corrected chi connectivity index (χ4v) is 4.24. The fourth-order valence-electron chi connectivity index (χ4n) is 3.98. The Kier molecular flexibility index (Phi) is 6.26. The fraction of sp³-hybridized carbons (Fsp3) is 0.179. The van der Waals surface area contributed by atoms with Crippen molar-refractivity contribution in [3.05, 3.63) is 94.4 Å². The highest BCUT2D eigenvalue weighted by atomic mass is 79.9. The van der Waals surface area contributed by atoms with E-state index in [-0.39, 0.29) is 5.78 Å². The number of ether oxygens (including phenoxy) is 2. The number of furan rings is 1. The first-order valence-electron chi connectivity index (χ1n) is 11.1. The summed E-state index contributed by atoms with van der Waals surface area (Å²) in [6.07, 6.45) is 4.42. The molecule has 0 atom stereocenters. The summed E-state index contributed by atoms with van der Waals surface area (Å²) in [4.78, 5) is 15.6. The molecule has 34 heavy (non-hydrogen) atoms. The van der Waals surface area contributed by atoms with E-state index in [0.29, 0.717) is 23.5 Å². The van der Waals surface area contributed by atoms with Gasteiger partial charge < -0.3 is 18.8 Å². The molecule has 5 rings (SSSR count). The van der Waals surface area contributed by atoms with E-state index < -0.39 is 0 Å². The molecule has 2 heterocycles. The van der Waals surface area contributed by atoms with Gasteiger partial charge in [0.1, 0.15) is 23.7 Å². The van der Waals surface area contributed by atoms with E-state index in [2.05, 4.69) is 26.9 Å². The number of nitrogens with zero attached hydrogens (tertiary/aromatic N) is 1. The quantitative estimate of drug-likeness (QED) is 0.262. The molecule has 0 bridgehead atoms. The first kappa shape index (κ1) is 22.4. The van der Waals surface area contributed by atoms with E-state index >= 15 is 0 Å². The summed E-state index contributed by atoms with van der Waals surface area (Å²) < 4.78 is 18.6. The third kappa shape index (κ3) is 4.52. The van der Waals surface area contributed by atoms with Gasteiger partial charge in [0.05, 0.1) is 6.26 Å². The Labute approximate surface area is 206 Å². The number of carbonyl (C=O) groups excluding carboxylic acids is 1. The van der Waals surface area contributed by atoms with Crippen LogP contribution in [0.1, 0.15) is 21.7 Å². The smallest absolute Gasteiger partial charge is 0.228 e. The van der Waals surface area contributed by atoms with E-state index in [4.69, 9.17) is 13.9 Å². The van der Waals surface area contributed by atoms with Crippen molar-refractivity contribution in [2.75, 3.05) is 27.2 Å². The van der Waals surface area contributed by atoms with E-state index in [1.807, 2.05) is 62.6 Å². The van der Waals surface area contributed by atoms with E-state index in [9.17, 15) is 4.79 Å². The SMILES string of the molecule is CN(C)CCOc1ccc(-c2c(C(=O)c3ccc(Br)cc3)oc3cc4c(cc23)CC=CO4)cc1. The first-order chi connectivity index (χ1) is 16.5. The lowest BCUT2D eigenvalue weighted by Gasteiger charge is -2.12. The Morgan fingerprint density at radius 1 is 1.06 bits per heavy atom. The van der Waals surface area contributed by atoms with Crippen LogP contribution in [0.25, 0.3) is 22.1 Å². The molecule has 1 aliphatic rings. The second-order valence-electron chi connectivity index (χ2n) is 8.47. The summed E-state index contributed by atoms with van der Waals surface area (Å²) in [6, 6.07) is 19.0. The highest BCUT2D eigenvalue weighted by Gasteiger charge is 2.25. The Balaban J connectivity index is 1.59. The van der Waals surface area contributed by atoms with Crippen LogP contribution in [-0.4, -0.2) is 37.9 Å². The van der Waals surface area contributed by atoms with Gasteiger partial charge >= 0.3 is 0 Å². The zero-order chi connectivity index (χ0) is 23.7. The van der Waals surface area contributed by atoms with Crippen LogP contribution in [0.5, 0.6) is 11.5 Å². The van der Waals surface area contributed by atoms with Gasteiger partial charge in [0.15, 0.2) is 5.76 Å². The van der Waals surface area contributed by atoms with Crippen molar-refractivity contribution in [1.82, 2.24) is 4.90 Å². The number of likely N-dealkylation sites (N-methyl/N-ethyl adjacent to an activating group) is 1. The largest absolute Gasteiger partial charge is 0.492 e. The lowest BCUT2D eigenvalue weighted by atomic mass is 9.96. The Bertz CT molecular complexity index is 1370. The number of halogens is 1. The van der Waals surface area contributed by atoms with Crippen molar-refractivity contribution < 1.29 is 18.7 Å². The highest BCUT2D eigenvalue weighted by Crippen LogP contribution is 2.40. The minimum absolute atomic E-state index is 0.165. The predicted octanol–water partition coefficient (Wildman–Crippen LogP) is 6.48. The van der Waals surface area contributed by atoms with E-state index in [1.54, 1.807) is 18.4 Å². The monoisotopic (exact) mass is 517 g/mol. The maximum Gasteiger partial charge on any atom is 0.228 e. The maximum atomic E-state index is 13.5. The molecule has 0 spiro atoms. The summed E-state index contributed by atoms with van der Waals surface area (Å²) in [5, 5.41) is 0.888. The molecule has 0 N–H and O–H groups in total. The Morgan fingerprint density at radius 2 is 1.82 bits per heavy atom. The summed E-state index contributed by atoms with van der Waals surface area (Å²) >= 11 is 3.43. The summed E-state index contributed by atoms with van der Waals surface area (Å²) in [7, 11) is 4.03. The second-order valence-corrected chi connectivity index (χ2v) is 9.38. The normalized spacial score (nSPS) is 12.6. The van der Waals surface area contributed by atoms with E-state index in [1.165, 1.54) is 0 Å². The first-order valence-corrected chi connectivity index (χ1v) is 11.9. The molecule has 0 fully saturated rings. The molecule has 6 heteroatoms. The van der Waals surface area contributed by atoms with Crippen LogP contribution in [0.3, 0.4) is 0 Å². The lowest BCUT2D eigenvalue weighted by Crippen LogP contribution is -2.19. The van der Waals surface area contributed by atoms with Gasteiger partial charge in [0.2, 0.25) is 5.78 Å². The number of rotatable bonds is 7. The molecule has 1 aliphatic heterocycles. The average Bonchev–Trinajstić information content (AvgIpc) is 3.21. The number of carbonyl (C=O) groups is 1. The average molecular weight is 518 g/mol. The van der Waals surface area contributed by atoms with Crippen molar-refractivity contribution in [1.29, 1.82) is 0 Å². The molecule has 1 aromatic heterocycles. The van der Waals surface area contributed by atoms with Crippen LogP contribution in [-0.2, 0) is 6.42 Å². The number of benzene rings is 3. The number of allylic oxidation sites excluding steroid dienone is 1. The Morgan fingerprint density at radius 3 is 2.56 bits per heavy atom. The van der Waals surface area contributed by atoms with Crippen molar-refractivity contribution in [3.8, 4) is 22.6 Å². The molecule has 172 valence electrons. The number of hydrogen-bond acceptors (Lipinski definition) is 5. The minimum atomic E-state index is -0.165. The second kappa shape index (κ2) is 9.49. The van der Waals surface area contributed by atoms with Gasteiger partial charge in [-0.1, -0.05) is 28.1 Å². The molecule has 0 radical (unpaired) electrons. The zero-order valence-corrected chi connectivity index (χ0v) is 20.6. The van der Waals surface area contributed by atoms with Crippen molar-refractivity contribution in [2.24, 2.45) is 0 Å². The van der Waals surface area contributed by atoms with Gasteiger partial charge in [0, 0.05) is 33.6 Å². The predicted molar refractivity (Wildman–Crippen MR) is 137 cm³/mol. The minimum Gasteiger partial charge on any atom is -0.492 e. The third-order valence-electron chi connectivity index (χ3n) is 5.76. The lowest BCUT2D eigenvalue weighted by molar-refractivity contribution is 0.101. The van der Waals surface area contributed by atoms with E-state index in [0.717, 1.165) is 51.0 Å². The molecular weight excluding hydrogens is 494 g/mol. The molecule has 5 nitrogen and oxygen atoms in total. The summed E-state index contributed by atoms with van der Waals surface area (Å²) in [6.45, 7) is 1.44. The molecular formula is C28H24BrNO4. The van der Waals surface area contributed by atoms with Crippen LogP contribution in [0, 0.1) is 0 Å². The van der Waals surface area contributed by atoms with Crippen LogP contribution >= 0.6 is 15.9 Å². The van der Waals surface area contributed by atoms with Gasteiger partial charge in [0.25, 0.3) is 0 Å². The third-order valence-corrected chi connectivity index (χ3v) is 6.29. The molecule has 4 aromatic rings. The molecule has 0 unspecified atom stereocenters. The van der Waals surface area contributed by atoms with Crippen LogP contribution in [0.4, 0.5) is 0 Å². The van der Waals surface area contributed by atoms with Crippen molar-refractivity contribution in [3.63, 3.8) is 0 Å². The van der Waals surface area contributed by atoms with Gasteiger partial charge in [-0.2, -0.15) is 0 Å². The van der Waals surface area contributed by atoms with Gasteiger partial charge in [-0.05, 0) is 80.2 Å². The van der Waals surface area contributed by atoms with Crippen LogP contribution in [0.15, 0.2) is 81.9 Å². The van der Waals surface area contributed by atoms with Crippen molar-refractivity contribution in [2.45, 2.75) is 6.42 Å². The van der Waals surface area contributed by atoms with Crippen molar-refractivity contribution >= 4 is 32.7 Å². The van der Waals surface area contributed by atoms with Gasteiger partial charge in [-0.3, -0.25) is 4.79 Å². The zero-order valence-electron chi connectivity index (χ0n) is 19.0. The topological polar surface area (TPSA) is 51.9 Å². The molecule has 0 amide bonds. The number of ketones is 1. The van der Waals surface area contributed by atoms with Crippen LogP contribution in [0.2, 0.25) is 0 Å². The van der Waals surface area contributed by atoms with Crippen LogP contribution < -0.4 is 9.47 Å². The number of fused-ring (bicyclic) bond motifs is 2. The van der Waals surface area contributed by atoms with Gasteiger partial charge in [-0.15, -0.1) is 0 Å². The summed E-state index contributed by atoms with van der Waals surface area (Å²) in [5.41, 5.74) is 3.92. The molecule has 3 aromatic carbocycles. The maximum absolute atomic E-state index is 13.5. The highest BCUT2D eigenvalue weighted by molar-refractivity contribution is 9.10. The van der Waals surface area contributed by atoms with Gasteiger partial charge in [-0.25, -0.2) is 0 Å². The standard InChI is InChI=1S/C28H24BrNO4/c1-30(2)13-15-32-22-11-7-18(8-12-22)26-23-16-20-4-3-14-33-24(20)17-25(23)34-28(26)27(31)19-5-9-21(29)10-6-19/h3,5-12,14,16-17H,4,13,15H2,1-2H3. The summed E-state index contributed by atoms with van der Waals surface area (Å²) in [5.74, 6) is 1.69. The Hall–Kier alpha value is -3.35. The molecule has 0 saturated heterocycles. The number of hydrogen-bond donors (Lipinski definition) is 0. The molecule has 0 saturated carbocycles. The molecule has 0 aliphatic carbocycles.